The van der Waals surface area contributed by atoms with Crippen LogP contribution in [0.2, 0.25) is 0 Å². The van der Waals surface area contributed by atoms with Crippen LogP contribution in [0, 0.1) is 0 Å². The summed E-state index contributed by atoms with van der Waals surface area (Å²) in [7, 11) is 0. The van der Waals surface area contributed by atoms with Crippen LogP contribution in [0.3, 0.4) is 0 Å². The molecule has 1 fully saturated rings. The van der Waals surface area contributed by atoms with E-state index in [2.05, 4.69) is 59.8 Å². The molecule has 0 amide bonds. The second-order valence-corrected chi connectivity index (χ2v) is 4.96. The van der Waals surface area contributed by atoms with Crippen LogP contribution in [-0.2, 0) is 5.41 Å². The second kappa shape index (κ2) is 2.47. The Morgan fingerprint density at radius 3 is 2.36 bits per heavy atom. The first-order chi connectivity index (χ1) is 5.23. The fraction of sp³-hybridized carbons (Fsp3) is 0.400. The third kappa shape index (κ3) is 1.19. The molecule has 1 aliphatic rings. The largest absolute Gasteiger partial charge is 0.0816 e. The van der Waals surface area contributed by atoms with Crippen molar-refractivity contribution >= 4 is 22.6 Å². The minimum absolute atomic E-state index is 0.488. The first-order valence-electron chi connectivity index (χ1n) is 3.93. The lowest BCUT2D eigenvalue weighted by Gasteiger charge is -2.07. The molecule has 0 saturated heterocycles. The number of benzene rings is 1. The van der Waals surface area contributed by atoms with Crippen molar-refractivity contribution in [2.45, 2.75) is 22.7 Å². The molecule has 0 nitrogen and oxygen atoms in total. The van der Waals surface area contributed by atoms with E-state index in [9.17, 15) is 0 Å². The zero-order valence-electron chi connectivity index (χ0n) is 6.55. The Kier molecular flexibility index (Phi) is 1.71. The maximum Gasteiger partial charge on any atom is 0.0213 e. The van der Waals surface area contributed by atoms with E-state index in [1.165, 1.54) is 12.0 Å². The summed E-state index contributed by atoms with van der Waals surface area (Å²) in [5.41, 5.74) is 1.99. The summed E-state index contributed by atoms with van der Waals surface area (Å²) in [6, 6.07) is 10.8. The van der Waals surface area contributed by atoms with E-state index in [1.54, 1.807) is 0 Å². The highest BCUT2D eigenvalue weighted by molar-refractivity contribution is 14.1. The maximum atomic E-state index is 2.54. The van der Waals surface area contributed by atoms with Crippen LogP contribution in [0.1, 0.15) is 18.9 Å². The minimum Gasteiger partial charge on any atom is -0.0816 e. The highest BCUT2D eigenvalue weighted by atomic mass is 127. The predicted octanol–water partition coefficient (Wildman–Crippen LogP) is 3.15. The maximum absolute atomic E-state index is 2.54. The summed E-state index contributed by atoms with van der Waals surface area (Å²) in [5.74, 6) is 0. The van der Waals surface area contributed by atoms with E-state index >= 15 is 0 Å². The van der Waals surface area contributed by atoms with Gasteiger partial charge in [0.15, 0.2) is 0 Å². The van der Waals surface area contributed by atoms with Crippen molar-refractivity contribution in [3.8, 4) is 0 Å². The van der Waals surface area contributed by atoms with Crippen LogP contribution >= 0.6 is 22.6 Å². The predicted molar refractivity (Wildman–Crippen MR) is 56.2 cm³/mol. The van der Waals surface area contributed by atoms with E-state index in [0.29, 0.717) is 5.41 Å². The molecule has 0 aliphatic heterocycles. The summed E-state index contributed by atoms with van der Waals surface area (Å²) in [5, 5.41) is 0. The molecular weight excluding hydrogens is 247 g/mol. The second-order valence-electron chi connectivity index (χ2n) is 3.46. The van der Waals surface area contributed by atoms with Crippen molar-refractivity contribution < 1.29 is 0 Å². The summed E-state index contributed by atoms with van der Waals surface area (Å²) in [4.78, 5) is 0. The Morgan fingerprint density at radius 1 is 1.36 bits per heavy atom. The number of hydrogen-bond acceptors (Lipinski definition) is 0. The summed E-state index contributed by atoms with van der Waals surface area (Å²) in [6.45, 7) is 2.35. The number of alkyl halides is 1. The van der Waals surface area contributed by atoms with Gasteiger partial charge in [-0.1, -0.05) is 59.8 Å². The molecule has 0 heterocycles. The SMILES string of the molecule is C[C@]1(c2ccccc2)C[C@@H]1I. The average molecular weight is 258 g/mol. The number of halogens is 1. The lowest BCUT2D eigenvalue weighted by atomic mass is 9.99. The molecule has 0 N–H and O–H groups in total. The molecule has 58 valence electrons. The first-order valence-corrected chi connectivity index (χ1v) is 5.18. The van der Waals surface area contributed by atoms with Crippen LogP contribution in [0.25, 0.3) is 0 Å². The highest BCUT2D eigenvalue weighted by Gasteiger charge is 2.49. The molecule has 1 aromatic carbocycles. The molecule has 1 aliphatic carbocycles. The van der Waals surface area contributed by atoms with Gasteiger partial charge in [0.1, 0.15) is 0 Å². The van der Waals surface area contributed by atoms with Gasteiger partial charge in [-0.2, -0.15) is 0 Å². The van der Waals surface area contributed by atoms with E-state index in [1.807, 2.05) is 0 Å². The van der Waals surface area contributed by atoms with Crippen LogP contribution in [0.4, 0.5) is 0 Å². The fourth-order valence-corrected chi connectivity index (χ4v) is 2.71. The third-order valence-corrected chi connectivity index (χ3v) is 4.38. The van der Waals surface area contributed by atoms with E-state index in [4.69, 9.17) is 0 Å². The Morgan fingerprint density at radius 2 is 1.91 bits per heavy atom. The van der Waals surface area contributed by atoms with Gasteiger partial charge in [-0.25, -0.2) is 0 Å². The lowest BCUT2D eigenvalue weighted by molar-refractivity contribution is 0.797. The van der Waals surface area contributed by atoms with Crippen molar-refractivity contribution in [2.24, 2.45) is 0 Å². The lowest BCUT2D eigenvalue weighted by Crippen LogP contribution is -2.02. The van der Waals surface area contributed by atoms with Gasteiger partial charge in [-0.15, -0.1) is 0 Å². The van der Waals surface area contributed by atoms with Crippen LogP contribution < -0.4 is 0 Å². The van der Waals surface area contributed by atoms with E-state index < -0.39 is 0 Å². The molecule has 0 radical (unpaired) electrons. The first kappa shape index (κ1) is 7.59. The van der Waals surface area contributed by atoms with Gasteiger partial charge in [0, 0.05) is 9.34 Å². The monoisotopic (exact) mass is 258 g/mol. The number of rotatable bonds is 1. The summed E-state index contributed by atoms with van der Waals surface area (Å²) < 4.78 is 0.850. The average Bonchev–Trinajstić information content (AvgIpc) is 2.64. The van der Waals surface area contributed by atoms with Crippen molar-refractivity contribution in [1.29, 1.82) is 0 Å². The molecular formula is C10H11I. The van der Waals surface area contributed by atoms with Gasteiger partial charge >= 0.3 is 0 Å². The van der Waals surface area contributed by atoms with Gasteiger partial charge in [-0.3, -0.25) is 0 Å². The van der Waals surface area contributed by atoms with Gasteiger partial charge < -0.3 is 0 Å². The molecule has 0 bridgehead atoms. The molecule has 0 spiro atoms. The minimum atomic E-state index is 0.488. The zero-order valence-corrected chi connectivity index (χ0v) is 8.71. The van der Waals surface area contributed by atoms with Crippen molar-refractivity contribution in [1.82, 2.24) is 0 Å². The van der Waals surface area contributed by atoms with Gasteiger partial charge in [-0.05, 0) is 12.0 Å². The molecule has 0 unspecified atom stereocenters. The van der Waals surface area contributed by atoms with Crippen LogP contribution in [-0.4, -0.2) is 3.92 Å². The van der Waals surface area contributed by atoms with Crippen LogP contribution in [0.5, 0.6) is 0 Å². The molecule has 2 atom stereocenters. The van der Waals surface area contributed by atoms with Gasteiger partial charge in [0.2, 0.25) is 0 Å². The molecule has 1 saturated carbocycles. The van der Waals surface area contributed by atoms with E-state index in [0.717, 1.165) is 3.92 Å². The standard InChI is InChI=1S/C10H11I/c1-10(7-9(10)11)8-5-3-2-4-6-8/h2-6,9H,7H2,1H3/t9-,10+/m0/s1. The molecule has 2 rings (SSSR count). The summed E-state index contributed by atoms with van der Waals surface area (Å²) >= 11 is 2.54. The molecule has 0 aromatic heterocycles. The van der Waals surface area contributed by atoms with Crippen molar-refractivity contribution in [3.05, 3.63) is 35.9 Å². The van der Waals surface area contributed by atoms with Gasteiger partial charge in [0.05, 0.1) is 0 Å². The normalized spacial score (nSPS) is 35.3. The molecule has 1 aromatic rings. The molecule has 1 heteroatoms. The molecule has 11 heavy (non-hydrogen) atoms. The zero-order chi connectivity index (χ0) is 7.90. The highest BCUT2D eigenvalue weighted by Crippen LogP contribution is 2.52. The smallest absolute Gasteiger partial charge is 0.0213 e. The quantitative estimate of drug-likeness (QED) is 0.536. The van der Waals surface area contributed by atoms with Crippen molar-refractivity contribution in [2.75, 3.05) is 0 Å². The summed E-state index contributed by atoms with van der Waals surface area (Å²) in [6.07, 6.45) is 1.34. The van der Waals surface area contributed by atoms with E-state index in [-0.39, 0.29) is 0 Å². The Bertz CT molecular complexity index is 255. The van der Waals surface area contributed by atoms with Gasteiger partial charge in [0.25, 0.3) is 0 Å². The Hall–Kier alpha value is -0.0500. The Labute approximate surface area is 81.1 Å². The third-order valence-electron chi connectivity index (χ3n) is 2.57. The number of hydrogen-bond donors (Lipinski definition) is 0. The Balaban J connectivity index is 2.32. The topological polar surface area (TPSA) is 0 Å². The van der Waals surface area contributed by atoms with Crippen molar-refractivity contribution in [3.63, 3.8) is 0 Å². The fourth-order valence-electron chi connectivity index (χ4n) is 1.43. The van der Waals surface area contributed by atoms with Crippen LogP contribution in [0.15, 0.2) is 30.3 Å².